The first kappa shape index (κ1) is 16.7. The molecule has 7 heteroatoms. The lowest BCUT2D eigenvalue weighted by molar-refractivity contribution is -0.134. The molecule has 1 aliphatic heterocycles. The number of carbonyl (C=O) groups excluding carboxylic acids is 1. The number of carbonyl (C=O) groups is 1. The summed E-state index contributed by atoms with van der Waals surface area (Å²) in [5, 5.41) is 0. The van der Waals surface area contributed by atoms with Crippen molar-refractivity contribution in [2.75, 3.05) is 31.7 Å². The number of nitrogens with zero attached hydrogens (tertiary/aromatic N) is 1. The van der Waals surface area contributed by atoms with E-state index in [0.717, 1.165) is 0 Å². The summed E-state index contributed by atoms with van der Waals surface area (Å²) in [4.78, 5) is 13.7. The summed E-state index contributed by atoms with van der Waals surface area (Å²) < 4.78 is 41.1. The second-order valence-corrected chi connectivity index (χ2v) is 7.82. The van der Waals surface area contributed by atoms with Crippen molar-refractivity contribution in [2.24, 2.45) is 5.92 Å². The molecular formula is C15H20FNO4S. The van der Waals surface area contributed by atoms with Crippen LogP contribution in [0.15, 0.2) is 24.3 Å². The van der Waals surface area contributed by atoms with Gasteiger partial charge in [-0.1, -0.05) is 12.1 Å². The van der Waals surface area contributed by atoms with Crippen LogP contribution in [0.1, 0.15) is 12.8 Å². The standard InChI is InChI=1S/C15H20FNO4S/c1-22(19,20)11-12-6-8-17(9-7-12)15(18)10-21-14-5-3-2-4-13(14)16/h2-5,12H,6-11H2,1H3. The summed E-state index contributed by atoms with van der Waals surface area (Å²) in [6, 6.07) is 5.94. The van der Waals surface area contributed by atoms with E-state index < -0.39 is 15.7 Å². The van der Waals surface area contributed by atoms with Gasteiger partial charge >= 0.3 is 0 Å². The number of amides is 1. The van der Waals surface area contributed by atoms with Gasteiger partial charge in [-0.3, -0.25) is 4.79 Å². The molecule has 22 heavy (non-hydrogen) atoms. The largest absolute Gasteiger partial charge is 0.481 e. The van der Waals surface area contributed by atoms with Crippen molar-refractivity contribution in [3.05, 3.63) is 30.1 Å². The zero-order valence-corrected chi connectivity index (χ0v) is 13.3. The van der Waals surface area contributed by atoms with Gasteiger partial charge in [0.2, 0.25) is 0 Å². The smallest absolute Gasteiger partial charge is 0.260 e. The van der Waals surface area contributed by atoms with Gasteiger partial charge in [-0.05, 0) is 30.9 Å². The molecule has 1 fully saturated rings. The van der Waals surface area contributed by atoms with E-state index in [1.807, 2.05) is 0 Å². The van der Waals surface area contributed by atoms with Crippen molar-refractivity contribution < 1.29 is 22.3 Å². The maximum Gasteiger partial charge on any atom is 0.260 e. The molecule has 0 spiro atoms. The van der Waals surface area contributed by atoms with E-state index in [9.17, 15) is 17.6 Å². The third kappa shape index (κ3) is 4.98. The Balaban J connectivity index is 1.79. The Morgan fingerprint density at radius 3 is 2.55 bits per heavy atom. The van der Waals surface area contributed by atoms with Crippen LogP contribution in [0.4, 0.5) is 4.39 Å². The molecule has 2 rings (SSSR count). The first-order valence-corrected chi connectivity index (χ1v) is 9.24. The lowest BCUT2D eigenvalue weighted by Gasteiger charge is -2.31. The third-order valence-electron chi connectivity index (χ3n) is 3.69. The molecule has 0 radical (unpaired) electrons. The van der Waals surface area contributed by atoms with Crippen LogP contribution < -0.4 is 4.74 Å². The van der Waals surface area contributed by atoms with Crippen LogP contribution in [0.25, 0.3) is 0 Å². The second kappa shape index (κ2) is 7.09. The summed E-state index contributed by atoms with van der Waals surface area (Å²) >= 11 is 0. The van der Waals surface area contributed by atoms with Crippen molar-refractivity contribution in [1.29, 1.82) is 0 Å². The first-order valence-electron chi connectivity index (χ1n) is 7.18. The van der Waals surface area contributed by atoms with Crippen molar-refractivity contribution in [3.8, 4) is 5.75 Å². The SMILES string of the molecule is CS(=O)(=O)CC1CCN(C(=O)COc2ccccc2F)CC1. The minimum Gasteiger partial charge on any atom is -0.481 e. The molecule has 0 saturated carbocycles. The zero-order valence-electron chi connectivity index (χ0n) is 12.5. The highest BCUT2D eigenvalue weighted by Gasteiger charge is 2.25. The van der Waals surface area contributed by atoms with E-state index >= 15 is 0 Å². The molecule has 1 aliphatic rings. The molecule has 0 aromatic heterocycles. The number of rotatable bonds is 5. The van der Waals surface area contributed by atoms with Gasteiger partial charge in [-0.25, -0.2) is 12.8 Å². The lowest BCUT2D eigenvalue weighted by atomic mass is 9.99. The maximum absolute atomic E-state index is 13.4. The minimum atomic E-state index is -2.98. The normalized spacial score (nSPS) is 16.5. The van der Waals surface area contributed by atoms with Gasteiger partial charge < -0.3 is 9.64 Å². The summed E-state index contributed by atoms with van der Waals surface area (Å²) in [6.45, 7) is 0.816. The van der Waals surface area contributed by atoms with E-state index in [1.54, 1.807) is 17.0 Å². The number of sulfone groups is 1. The molecular weight excluding hydrogens is 309 g/mol. The molecule has 1 amide bonds. The number of piperidine rings is 1. The van der Waals surface area contributed by atoms with Gasteiger partial charge in [0.25, 0.3) is 5.91 Å². The number of hydrogen-bond donors (Lipinski definition) is 0. The van der Waals surface area contributed by atoms with Crippen LogP contribution in [0.3, 0.4) is 0 Å². The van der Waals surface area contributed by atoms with E-state index in [1.165, 1.54) is 18.4 Å². The number of likely N-dealkylation sites (tertiary alicyclic amines) is 1. The summed E-state index contributed by atoms with van der Waals surface area (Å²) in [5.41, 5.74) is 0. The maximum atomic E-state index is 13.4. The van der Waals surface area contributed by atoms with Crippen LogP contribution >= 0.6 is 0 Å². The third-order valence-corrected chi connectivity index (χ3v) is 4.77. The number of halogens is 1. The van der Waals surface area contributed by atoms with Gasteiger partial charge in [0.15, 0.2) is 18.2 Å². The Morgan fingerprint density at radius 1 is 1.32 bits per heavy atom. The van der Waals surface area contributed by atoms with Crippen LogP contribution in [-0.2, 0) is 14.6 Å². The van der Waals surface area contributed by atoms with Gasteiger partial charge in [0.1, 0.15) is 9.84 Å². The number of ether oxygens (including phenoxy) is 1. The van der Waals surface area contributed by atoms with Crippen LogP contribution in [0.5, 0.6) is 5.75 Å². The second-order valence-electron chi connectivity index (χ2n) is 5.64. The summed E-state index contributed by atoms with van der Waals surface area (Å²) in [6.07, 6.45) is 2.56. The molecule has 0 unspecified atom stereocenters. The van der Waals surface area contributed by atoms with E-state index in [2.05, 4.69) is 0 Å². The Morgan fingerprint density at radius 2 is 1.95 bits per heavy atom. The number of benzene rings is 1. The highest BCUT2D eigenvalue weighted by Crippen LogP contribution is 2.20. The molecule has 1 heterocycles. The van der Waals surface area contributed by atoms with Gasteiger partial charge in [-0.15, -0.1) is 0 Å². The van der Waals surface area contributed by atoms with E-state index in [0.29, 0.717) is 25.9 Å². The van der Waals surface area contributed by atoms with Crippen LogP contribution in [0.2, 0.25) is 0 Å². The fourth-order valence-corrected chi connectivity index (χ4v) is 3.76. The fraction of sp³-hybridized carbons (Fsp3) is 0.533. The Bertz CT molecular complexity index is 624. The highest BCUT2D eigenvalue weighted by atomic mass is 32.2. The average molecular weight is 329 g/mol. The summed E-state index contributed by atoms with van der Waals surface area (Å²) in [7, 11) is -2.98. The molecule has 5 nitrogen and oxygen atoms in total. The Kier molecular flexibility index (Phi) is 5.39. The average Bonchev–Trinajstić information content (AvgIpc) is 2.45. The van der Waals surface area contributed by atoms with E-state index in [4.69, 9.17) is 4.74 Å². The Hall–Kier alpha value is -1.63. The molecule has 0 N–H and O–H groups in total. The highest BCUT2D eigenvalue weighted by molar-refractivity contribution is 7.90. The molecule has 0 aliphatic carbocycles. The van der Waals surface area contributed by atoms with Crippen molar-refractivity contribution in [3.63, 3.8) is 0 Å². The topological polar surface area (TPSA) is 63.7 Å². The molecule has 1 aromatic carbocycles. The number of hydrogen-bond acceptors (Lipinski definition) is 4. The molecule has 1 saturated heterocycles. The number of para-hydroxylation sites is 1. The fourth-order valence-electron chi connectivity index (χ4n) is 2.57. The van der Waals surface area contributed by atoms with Gasteiger partial charge in [-0.2, -0.15) is 0 Å². The predicted octanol–water partition coefficient (Wildman–Crippen LogP) is 1.49. The van der Waals surface area contributed by atoms with Gasteiger partial charge in [0.05, 0.1) is 5.75 Å². The van der Waals surface area contributed by atoms with Crippen molar-refractivity contribution in [2.45, 2.75) is 12.8 Å². The lowest BCUT2D eigenvalue weighted by Crippen LogP contribution is -2.42. The quantitative estimate of drug-likeness (QED) is 0.821. The Labute approximate surface area is 130 Å². The minimum absolute atomic E-state index is 0.0582. The van der Waals surface area contributed by atoms with Crippen molar-refractivity contribution in [1.82, 2.24) is 4.90 Å². The molecule has 0 bridgehead atoms. The zero-order chi connectivity index (χ0) is 16.2. The molecule has 0 atom stereocenters. The van der Waals surface area contributed by atoms with E-state index in [-0.39, 0.29) is 29.9 Å². The monoisotopic (exact) mass is 329 g/mol. The van der Waals surface area contributed by atoms with Crippen molar-refractivity contribution >= 4 is 15.7 Å². The van der Waals surface area contributed by atoms with Gasteiger partial charge in [0, 0.05) is 19.3 Å². The van der Waals surface area contributed by atoms with Crippen LogP contribution in [-0.4, -0.2) is 50.9 Å². The summed E-state index contributed by atoms with van der Waals surface area (Å²) in [5.74, 6) is -0.377. The molecule has 1 aromatic rings. The molecule has 122 valence electrons. The van der Waals surface area contributed by atoms with Crippen LogP contribution in [0, 0.1) is 11.7 Å². The first-order chi connectivity index (χ1) is 10.3. The predicted molar refractivity (Wildman–Crippen MR) is 80.9 cm³/mol.